The first-order valence-electron chi connectivity index (χ1n) is 7.58. The van der Waals surface area contributed by atoms with Gasteiger partial charge in [0, 0.05) is 25.4 Å². The summed E-state index contributed by atoms with van der Waals surface area (Å²) in [5.74, 6) is 0.988. The van der Waals surface area contributed by atoms with E-state index in [1.165, 1.54) is 0 Å². The third kappa shape index (κ3) is 2.98. The lowest BCUT2D eigenvalue weighted by atomic mass is 10.1. The summed E-state index contributed by atoms with van der Waals surface area (Å²) in [6, 6.07) is 7.85. The van der Waals surface area contributed by atoms with Crippen molar-refractivity contribution in [3.05, 3.63) is 47.8 Å². The van der Waals surface area contributed by atoms with Gasteiger partial charge in [0.2, 0.25) is 5.91 Å². The molecule has 0 aliphatic carbocycles. The van der Waals surface area contributed by atoms with Crippen molar-refractivity contribution in [1.29, 1.82) is 0 Å². The van der Waals surface area contributed by atoms with Gasteiger partial charge < -0.3 is 9.64 Å². The van der Waals surface area contributed by atoms with E-state index in [2.05, 4.69) is 5.10 Å². The molecule has 0 spiro atoms. The topological polar surface area (TPSA) is 47.4 Å². The Bertz CT molecular complexity index is 648. The smallest absolute Gasteiger partial charge is 0.227 e. The number of aromatic nitrogens is 2. The van der Waals surface area contributed by atoms with Crippen molar-refractivity contribution in [3.63, 3.8) is 0 Å². The van der Waals surface area contributed by atoms with Gasteiger partial charge >= 0.3 is 0 Å². The Labute approximate surface area is 130 Å². The second-order valence-electron chi connectivity index (χ2n) is 5.72. The lowest BCUT2D eigenvalue weighted by molar-refractivity contribution is -0.131. The fraction of sp³-hybridized carbons (Fsp3) is 0.412. The summed E-state index contributed by atoms with van der Waals surface area (Å²) in [5, 5.41) is 4.22. The Hall–Kier alpha value is -2.30. The van der Waals surface area contributed by atoms with Crippen molar-refractivity contribution in [1.82, 2.24) is 14.7 Å². The van der Waals surface area contributed by atoms with Crippen molar-refractivity contribution in [3.8, 4) is 5.75 Å². The van der Waals surface area contributed by atoms with E-state index in [-0.39, 0.29) is 11.9 Å². The number of hydrogen-bond acceptors (Lipinski definition) is 3. The van der Waals surface area contributed by atoms with E-state index in [0.29, 0.717) is 6.42 Å². The van der Waals surface area contributed by atoms with Crippen LogP contribution in [0.25, 0.3) is 0 Å². The normalized spacial score (nSPS) is 17.7. The predicted molar refractivity (Wildman–Crippen MR) is 83.6 cm³/mol. The van der Waals surface area contributed by atoms with E-state index in [4.69, 9.17) is 4.74 Å². The van der Waals surface area contributed by atoms with E-state index in [1.54, 1.807) is 11.8 Å². The highest BCUT2D eigenvalue weighted by Crippen LogP contribution is 2.32. The van der Waals surface area contributed by atoms with Gasteiger partial charge in [-0.15, -0.1) is 0 Å². The molecule has 22 heavy (non-hydrogen) atoms. The van der Waals surface area contributed by atoms with Gasteiger partial charge in [0.25, 0.3) is 0 Å². The average Bonchev–Trinajstić information content (AvgIpc) is 3.16. The van der Waals surface area contributed by atoms with Crippen molar-refractivity contribution >= 4 is 5.91 Å². The molecule has 0 radical (unpaired) electrons. The summed E-state index contributed by atoms with van der Waals surface area (Å²) in [6.45, 7) is 0.828. The minimum atomic E-state index is 0.166. The Balaban J connectivity index is 1.70. The summed E-state index contributed by atoms with van der Waals surface area (Å²) in [7, 11) is 3.55. The summed E-state index contributed by atoms with van der Waals surface area (Å²) in [4.78, 5) is 14.6. The predicted octanol–water partition coefficient (Wildman–Crippen LogP) is 2.33. The van der Waals surface area contributed by atoms with Crippen LogP contribution in [0.4, 0.5) is 0 Å². The molecular formula is C17H21N3O2. The fourth-order valence-electron chi connectivity index (χ4n) is 3.04. The Morgan fingerprint density at radius 2 is 2.14 bits per heavy atom. The first-order chi connectivity index (χ1) is 10.7. The zero-order valence-electron chi connectivity index (χ0n) is 13.0. The maximum Gasteiger partial charge on any atom is 0.227 e. The zero-order chi connectivity index (χ0) is 15.5. The van der Waals surface area contributed by atoms with E-state index in [1.807, 2.05) is 48.6 Å². The number of carbonyl (C=O) groups is 1. The maximum atomic E-state index is 12.6. The molecule has 5 heteroatoms. The van der Waals surface area contributed by atoms with Gasteiger partial charge in [-0.1, -0.05) is 12.1 Å². The molecule has 1 aromatic carbocycles. The second-order valence-corrected chi connectivity index (χ2v) is 5.72. The van der Waals surface area contributed by atoms with Crippen LogP contribution in [0.2, 0.25) is 0 Å². The highest BCUT2D eigenvalue weighted by atomic mass is 16.5. The average molecular weight is 299 g/mol. The monoisotopic (exact) mass is 299 g/mol. The Morgan fingerprint density at radius 1 is 1.36 bits per heavy atom. The van der Waals surface area contributed by atoms with Crippen LogP contribution in [0, 0.1) is 0 Å². The molecule has 1 unspecified atom stereocenters. The summed E-state index contributed by atoms with van der Waals surface area (Å²) in [6.07, 6.45) is 6.36. The number of rotatable bonds is 4. The number of aryl methyl sites for hydroxylation is 1. The quantitative estimate of drug-likeness (QED) is 0.870. The molecule has 0 bridgehead atoms. The molecule has 2 heterocycles. The van der Waals surface area contributed by atoms with Gasteiger partial charge in [-0.3, -0.25) is 9.48 Å². The van der Waals surface area contributed by atoms with Crippen LogP contribution < -0.4 is 4.74 Å². The molecular weight excluding hydrogens is 278 g/mol. The summed E-state index contributed by atoms with van der Waals surface area (Å²) in [5.41, 5.74) is 2.14. The molecule has 0 N–H and O–H groups in total. The molecule has 116 valence electrons. The number of hydrogen-bond donors (Lipinski definition) is 0. The summed E-state index contributed by atoms with van der Waals surface area (Å²) < 4.78 is 6.94. The van der Waals surface area contributed by atoms with Crippen LogP contribution in [-0.2, 0) is 18.3 Å². The van der Waals surface area contributed by atoms with Crippen LogP contribution in [0.1, 0.15) is 30.0 Å². The van der Waals surface area contributed by atoms with Crippen molar-refractivity contribution in [2.45, 2.75) is 25.3 Å². The fourth-order valence-corrected chi connectivity index (χ4v) is 3.04. The number of benzene rings is 1. The molecule has 5 nitrogen and oxygen atoms in total. The molecule has 0 saturated carbocycles. The molecule has 2 aromatic rings. The van der Waals surface area contributed by atoms with Crippen LogP contribution in [-0.4, -0.2) is 34.2 Å². The number of amides is 1. The lowest BCUT2D eigenvalue weighted by Crippen LogP contribution is -2.31. The second kappa shape index (κ2) is 6.22. The highest BCUT2D eigenvalue weighted by molar-refractivity contribution is 5.79. The molecule has 1 atom stereocenters. The number of likely N-dealkylation sites (tertiary alicyclic amines) is 1. The molecule has 1 aliphatic heterocycles. The molecule has 3 rings (SSSR count). The van der Waals surface area contributed by atoms with Gasteiger partial charge in [0.05, 0.1) is 25.8 Å². The van der Waals surface area contributed by atoms with Crippen molar-refractivity contribution < 1.29 is 9.53 Å². The lowest BCUT2D eigenvalue weighted by Gasteiger charge is -2.24. The minimum absolute atomic E-state index is 0.166. The zero-order valence-corrected chi connectivity index (χ0v) is 13.0. The first-order valence-corrected chi connectivity index (χ1v) is 7.58. The molecule has 1 amide bonds. The van der Waals surface area contributed by atoms with Gasteiger partial charge in [-0.25, -0.2) is 0 Å². The molecule has 1 saturated heterocycles. The van der Waals surface area contributed by atoms with E-state index in [0.717, 1.165) is 36.3 Å². The largest absolute Gasteiger partial charge is 0.497 e. The summed E-state index contributed by atoms with van der Waals surface area (Å²) >= 11 is 0. The first kappa shape index (κ1) is 14.6. The molecule has 1 aliphatic rings. The maximum absolute atomic E-state index is 12.6. The van der Waals surface area contributed by atoms with Gasteiger partial charge in [-0.05, 0) is 30.5 Å². The van der Waals surface area contributed by atoms with Gasteiger partial charge in [0.15, 0.2) is 0 Å². The number of methoxy groups -OCH3 is 1. The molecule has 1 aromatic heterocycles. The van der Waals surface area contributed by atoms with E-state index >= 15 is 0 Å². The van der Waals surface area contributed by atoms with Crippen LogP contribution >= 0.6 is 0 Å². The minimum Gasteiger partial charge on any atom is -0.497 e. The van der Waals surface area contributed by atoms with Gasteiger partial charge in [0.1, 0.15) is 5.75 Å². The van der Waals surface area contributed by atoms with Gasteiger partial charge in [-0.2, -0.15) is 5.10 Å². The Kier molecular flexibility index (Phi) is 4.13. The Morgan fingerprint density at radius 3 is 2.77 bits per heavy atom. The third-order valence-electron chi connectivity index (χ3n) is 4.20. The number of nitrogens with zero attached hydrogens (tertiary/aromatic N) is 3. The standard InChI is InChI=1S/C17H21N3O2/c1-19-12-14(11-18-19)16-4-3-9-20(16)17(21)10-13-5-7-15(22-2)8-6-13/h5-8,11-12,16H,3-4,9-10H2,1-2H3. The van der Waals surface area contributed by atoms with Crippen LogP contribution in [0.15, 0.2) is 36.7 Å². The molecule has 1 fully saturated rings. The SMILES string of the molecule is COc1ccc(CC(=O)N2CCCC2c2cnn(C)c2)cc1. The number of ether oxygens (including phenoxy) is 1. The van der Waals surface area contributed by atoms with Crippen LogP contribution in [0.3, 0.4) is 0 Å². The van der Waals surface area contributed by atoms with Crippen LogP contribution in [0.5, 0.6) is 5.75 Å². The number of carbonyl (C=O) groups excluding carboxylic acids is 1. The van der Waals surface area contributed by atoms with Crippen molar-refractivity contribution in [2.24, 2.45) is 7.05 Å². The third-order valence-corrected chi connectivity index (χ3v) is 4.20. The van der Waals surface area contributed by atoms with E-state index < -0.39 is 0 Å². The van der Waals surface area contributed by atoms with Crippen molar-refractivity contribution in [2.75, 3.05) is 13.7 Å². The highest BCUT2D eigenvalue weighted by Gasteiger charge is 2.30. The van der Waals surface area contributed by atoms with E-state index in [9.17, 15) is 4.79 Å².